The predicted octanol–water partition coefficient (Wildman–Crippen LogP) is 3.07. The summed E-state index contributed by atoms with van der Waals surface area (Å²) in [4.78, 5) is 25.0. The number of nitrogens with zero attached hydrogens (tertiary/aromatic N) is 7. The highest BCUT2D eigenvalue weighted by molar-refractivity contribution is 6.30. The lowest BCUT2D eigenvalue weighted by molar-refractivity contribution is 0.0614. The lowest BCUT2D eigenvalue weighted by atomic mass is 10.1. The third-order valence-corrected chi connectivity index (χ3v) is 5.70. The minimum atomic E-state index is -0.530. The highest BCUT2D eigenvalue weighted by Gasteiger charge is 2.24. The molecule has 4 aromatic rings. The van der Waals surface area contributed by atoms with Crippen molar-refractivity contribution < 1.29 is 13.7 Å². The van der Waals surface area contributed by atoms with Crippen LogP contribution in [0.25, 0.3) is 17.1 Å². The van der Waals surface area contributed by atoms with E-state index in [1.54, 1.807) is 23.1 Å². The van der Waals surface area contributed by atoms with Crippen molar-refractivity contribution >= 4 is 17.5 Å². The molecule has 2 aromatic carbocycles. The first-order valence-electron chi connectivity index (χ1n) is 10.3. The van der Waals surface area contributed by atoms with Gasteiger partial charge in [0.05, 0.1) is 6.54 Å². The zero-order chi connectivity index (χ0) is 22.8. The van der Waals surface area contributed by atoms with Gasteiger partial charge in [-0.15, -0.1) is 0 Å². The molecule has 0 radical (unpaired) electrons. The Kier molecular flexibility index (Phi) is 5.84. The van der Waals surface area contributed by atoms with E-state index in [0.717, 1.165) is 5.56 Å². The van der Waals surface area contributed by atoms with Crippen LogP contribution in [0, 0.1) is 5.82 Å². The fourth-order valence-electron chi connectivity index (χ4n) is 3.68. The quantitative estimate of drug-likeness (QED) is 0.445. The molecule has 1 aliphatic rings. The normalized spacial score (nSPS) is 14.5. The molecule has 9 nitrogen and oxygen atoms in total. The first-order chi connectivity index (χ1) is 16.1. The molecule has 33 heavy (non-hydrogen) atoms. The van der Waals surface area contributed by atoms with Crippen LogP contribution >= 0.6 is 11.6 Å². The lowest BCUT2D eigenvalue weighted by Gasteiger charge is -2.34. The van der Waals surface area contributed by atoms with Crippen LogP contribution in [0.1, 0.15) is 16.2 Å². The molecular weight excluding hydrogens is 449 g/mol. The van der Waals surface area contributed by atoms with Gasteiger partial charge in [-0.3, -0.25) is 9.69 Å². The van der Waals surface area contributed by atoms with E-state index in [1.165, 1.54) is 29.5 Å². The Hall–Kier alpha value is -3.63. The summed E-state index contributed by atoms with van der Waals surface area (Å²) in [6.45, 7) is 2.81. The molecule has 1 fully saturated rings. The fraction of sp³-hybridized carbons (Fsp3) is 0.227. The van der Waals surface area contributed by atoms with E-state index < -0.39 is 5.82 Å². The Labute approximate surface area is 193 Å². The second kappa shape index (κ2) is 9.08. The van der Waals surface area contributed by atoms with E-state index >= 15 is 0 Å². The summed E-state index contributed by atoms with van der Waals surface area (Å²) < 4.78 is 21.2. The third kappa shape index (κ3) is 4.62. The van der Waals surface area contributed by atoms with Crippen molar-refractivity contribution in [3.8, 4) is 17.1 Å². The van der Waals surface area contributed by atoms with Crippen LogP contribution in [0.2, 0.25) is 5.02 Å². The van der Waals surface area contributed by atoms with Crippen molar-refractivity contribution in [1.82, 2.24) is 34.7 Å². The maximum atomic E-state index is 14.5. The highest BCUT2D eigenvalue weighted by Crippen LogP contribution is 2.20. The third-order valence-electron chi connectivity index (χ3n) is 5.45. The molecular formula is C22H19ClFN7O2. The van der Waals surface area contributed by atoms with Crippen LogP contribution in [0.3, 0.4) is 0 Å². The van der Waals surface area contributed by atoms with E-state index in [9.17, 15) is 9.18 Å². The molecule has 1 amide bonds. The van der Waals surface area contributed by atoms with Crippen LogP contribution in [0.15, 0.2) is 59.6 Å². The second-order valence-corrected chi connectivity index (χ2v) is 8.03. The molecule has 0 aliphatic carbocycles. The molecule has 1 aliphatic heterocycles. The fourth-order valence-corrected chi connectivity index (χ4v) is 3.80. The molecule has 168 valence electrons. The number of piperazine rings is 1. The number of carbonyl (C=O) groups is 1. The molecule has 0 N–H and O–H groups in total. The first-order valence-corrected chi connectivity index (χ1v) is 10.7. The van der Waals surface area contributed by atoms with Crippen molar-refractivity contribution in [2.24, 2.45) is 0 Å². The molecule has 0 atom stereocenters. The minimum Gasteiger partial charge on any atom is -0.338 e. The van der Waals surface area contributed by atoms with Gasteiger partial charge in [-0.1, -0.05) is 16.8 Å². The van der Waals surface area contributed by atoms with Gasteiger partial charge in [0.2, 0.25) is 11.7 Å². The van der Waals surface area contributed by atoms with Gasteiger partial charge in [-0.05, 0) is 42.5 Å². The van der Waals surface area contributed by atoms with E-state index in [1.807, 2.05) is 12.1 Å². The lowest BCUT2D eigenvalue weighted by Crippen LogP contribution is -2.48. The predicted molar refractivity (Wildman–Crippen MR) is 117 cm³/mol. The van der Waals surface area contributed by atoms with E-state index in [2.05, 4.69) is 25.1 Å². The molecule has 0 bridgehead atoms. The Bertz CT molecular complexity index is 1250. The number of amides is 1. The Morgan fingerprint density at radius 2 is 1.88 bits per heavy atom. The summed E-state index contributed by atoms with van der Waals surface area (Å²) in [5, 5.41) is 8.59. The Balaban J connectivity index is 1.18. The van der Waals surface area contributed by atoms with Crippen molar-refractivity contribution in [1.29, 1.82) is 0 Å². The van der Waals surface area contributed by atoms with E-state index in [0.29, 0.717) is 55.0 Å². The molecule has 0 saturated carbocycles. The largest absolute Gasteiger partial charge is 0.338 e. The summed E-state index contributed by atoms with van der Waals surface area (Å²) in [7, 11) is 0. The summed E-state index contributed by atoms with van der Waals surface area (Å²) >= 11 is 5.92. The van der Waals surface area contributed by atoms with Crippen LogP contribution in [-0.2, 0) is 6.54 Å². The van der Waals surface area contributed by atoms with Crippen molar-refractivity contribution in [2.75, 3.05) is 26.2 Å². The molecule has 3 heterocycles. The number of hydrogen-bond acceptors (Lipinski definition) is 7. The second-order valence-electron chi connectivity index (χ2n) is 7.59. The molecule has 11 heteroatoms. The number of carbonyl (C=O) groups excluding carboxylic acids is 1. The summed E-state index contributed by atoms with van der Waals surface area (Å²) in [5.41, 5.74) is 1.37. The van der Waals surface area contributed by atoms with Crippen LogP contribution in [0.4, 0.5) is 4.39 Å². The van der Waals surface area contributed by atoms with Crippen LogP contribution in [0.5, 0.6) is 0 Å². The van der Waals surface area contributed by atoms with E-state index in [4.69, 9.17) is 16.1 Å². The van der Waals surface area contributed by atoms with Gasteiger partial charge in [0.15, 0.2) is 0 Å². The van der Waals surface area contributed by atoms with Crippen molar-refractivity contribution in [3.63, 3.8) is 0 Å². The van der Waals surface area contributed by atoms with Gasteiger partial charge in [0, 0.05) is 42.3 Å². The molecule has 1 saturated heterocycles. The Morgan fingerprint density at radius 1 is 1.09 bits per heavy atom. The average molecular weight is 468 g/mol. The van der Waals surface area contributed by atoms with Gasteiger partial charge >= 0.3 is 0 Å². The number of rotatable bonds is 5. The van der Waals surface area contributed by atoms with Crippen LogP contribution < -0.4 is 0 Å². The van der Waals surface area contributed by atoms with Crippen molar-refractivity contribution in [3.05, 3.63) is 77.4 Å². The zero-order valence-electron chi connectivity index (χ0n) is 17.4. The molecule has 0 unspecified atom stereocenters. The molecule has 2 aromatic heterocycles. The van der Waals surface area contributed by atoms with Gasteiger partial charge in [-0.2, -0.15) is 10.1 Å². The topological polar surface area (TPSA) is 93.2 Å². The Morgan fingerprint density at radius 3 is 2.58 bits per heavy atom. The maximum absolute atomic E-state index is 14.5. The number of benzene rings is 2. The molecule has 5 rings (SSSR count). The zero-order valence-corrected chi connectivity index (χ0v) is 18.2. The number of hydrogen-bond donors (Lipinski definition) is 0. The van der Waals surface area contributed by atoms with E-state index in [-0.39, 0.29) is 11.6 Å². The smallest absolute Gasteiger partial charge is 0.254 e. The van der Waals surface area contributed by atoms with Crippen molar-refractivity contribution in [2.45, 2.75) is 6.54 Å². The maximum Gasteiger partial charge on any atom is 0.254 e. The van der Waals surface area contributed by atoms with Gasteiger partial charge < -0.3 is 9.42 Å². The van der Waals surface area contributed by atoms with Gasteiger partial charge in [0.25, 0.3) is 5.91 Å². The molecule has 0 spiro atoms. The standard InChI is InChI=1S/C22H19ClFN7O2/c23-17-4-1-15(2-5-17)21-27-20(33-28-21)12-29-7-9-30(10-8-29)22(32)16-3-6-19(18(24)11-16)31-14-25-13-26-31/h1-6,11,13-14H,7-10,12H2. The van der Waals surface area contributed by atoms with Crippen LogP contribution in [-0.4, -0.2) is 66.8 Å². The number of aromatic nitrogens is 5. The minimum absolute atomic E-state index is 0.207. The monoisotopic (exact) mass is 467 g/mol. The SMILES string of the molecule is O=C(c1ccc(-n2cncn2)c(F)c1)N1CCN(Cc2nc(-c3ccc(Cl)cc3)no2)CC1. The summed E-state index contributed by atoms with van der Waals surface area (Å²) in [5.74, 6) is 0.275. The summed E-state index contributed by atoms with van der Waals surface area (Å²) in [6.07, 6.45) is 2.73. The van der Waals surface area contributed by atoms with Gasteiger partial charge in [-0.25, -0.2) is 14.1 Å². The number of halogens is 2. The first kappa shape index (κ1) is 21.2. The van der Waals surface area contributed by atoms with Gasteiger partial charge in [0.1, 0.15) is 24.2 Å². The highest BCUT2D eigenvalue weighted by atomic mass is 35.5. The average Bonchev–Trinajstić information content (AvgIpc) is 3.52. The summed E-state index contributed by atoms with van der Waals surface area (Å²) in [6, 6.07) is 11.6.